The highest BCUT2D eigenvalue weighted by Gasteiger charge is 2.05. The summed E-state index contributed by atoms with van der Waals surface area (Å²) in [4.78, 5) is 4.27. The number of aromatic nitrogens is 1. The number of halogens is 1. The molecule has 0 radical (unpaired) electrons. The number of alkyl halides is 1. The lowest BCUT2D eigenvalue weighted by molar-refractivity contribution is 1.09. The zero-order valence-corrected chi connectivity index (χ0v) is 8.12. The highest BCUT2D eigenvalue weighted by atomic mass is 35.5. The van der Waals surface area contributed by atoms with Gasteiger partial charge in [-0.05, 0) is 24.6 Å². The van der Waals surface area contributed by atoms with Crippen LogP contribution < -0.4 is 0 Å². The fraction of sp³-hybridized carbons (Fsp3) is 0.182. The van der Waals surface area contributed by atoms with Gasteiger partial charge in [0.25, 0.3) is 0 Å². The first-order valence-electron chi connectivity index (χ1n) is 4.27. The van der Waals surface area contributed by atoms with E-state index in [9.17, 15) is 0 Å². The molecular weight excluding hydrogens is 182 g/mol. The van der Waals surface area contributed by atoms with Crippen LogP contribution in [0.15, 0.2) is 36.5 Å². The van der Waals surface area contributed by atoms with Crippen molar-refractivity contribution in [3.63, 3.8) is 0 Å². The Morgan fingerprint density at radius 2 is 2.00 bits per heavy atom. The zero-order valence-electron chi connectivity index (χ0n) is 7.37. The van der Waals surface area contributed by atoms with Crippen molar-refractivity contribution in [1.29, 1.82) is 0 Å². The molecule has 0 aliphatic carbocycles. The Hall–Kier alpha value is -1.08. The Balaban J connectivity index is 2.76. The molecule has 1 aromatic heterocycles. The van der Waals surface area contributed by atoms with Crippen LogP contribution in [0, 0.1) is 0 Å². The number of hydrogen-bond donors (Lipinski definition) is 0. The van der Waals surface area contributed by atoms with E-state index in [2.05, 4.69) is 11.1 Å². The maximum atomic E-state index is 6.05. The average molecular weight is 192 g/mol. The van der Waals surface area contributed by atoms with Gasteiger partial charge in [-0.15, -0.1) is 11.6 Å². The molecule has 2 rings (SSSR count). The summed E-state index contributed by atoms with van der Waals surface area (Å²) < 4.78 is 0. The molecule has 2 heteroatoms. The second-order valence-corrected chi connectivity index (χ2v) is 3.69. The van der Waals surface area contributed by atoms with Gasteiger partial charge in [-0.25, -0.2) is 0 Å². The van der Waals surface area contributed by atoms with Crippen LogP contribution in [0.2, 0.25) is 0 Å². The van der Waals surface area contributed by atoms with Gasteiger partial charge in [0.2, 0.25) is 0 Å². The Kier molecular flexibility index (Phi) is 2.19. The smallest absolute Gasteiger partial charge is 0.0705 e. The first kappa shape index (κ1) is 8.52. The number of benzene rings is 1. The van der Waals surface area contributed by atoms with Crippen molar-refractivity contribution < 1.29 is 0 Å². The van der Waals surface area contributed by atoms with Crippen LogP contribution >= 0.6 is 11.6 Å². The van der Waals surface area contributed by atoms with Crippen molar-refractivity contribution in [2.45, 2.75) is 12.3 Å². The van der Waals surface area contributed by atoms with Crippen LogP contribution in [0.1, 0.15) is 17.9 Å². The Morgan fingerprint density at radius 3 is 2.77 bits per heavy atom. The Bertz CT molecular complexity index is 418. The van der Waals surface area contributed by atoms with Gasteiger partial charge >= 0.3 is 0 Å². The average Bonchev–Trinajstić information content (AvgIpc) is 2.17. The van der Waals surface area contributed by atoms with Gasteiger partial charge in [-0.1, -0.05) is 18.2 Å². The van der Waals surface area contributed by atoms with Gasteiger partial charge in [0, 0.05) is 11.6 Å². The van der Waals surface area contributed by atoms with Gasteiger partial charge in [-0.2, -0.15) is 0 Å². The van der Waals surface area contributed by atoms with Crippen LogP contribution in [0.4, 0.5) is 0 Å². The van der Waals surface area contributed by atoms with Crippen molar-refractivity contribution in [1.82, 2.24) is 4.98 Å². The third-order valence-electron chi connectivity index (χ3n) is 2.11. The van der Waals surface area contributed by atoms with Crippen LogP contribution in [-0.4, -0.2) is 4.98 Å². The minimum absolute atomic E-state index is 0.0351. The van der Waals surface area contributed by atoms with E-state index in [1.54, 1.807) is 6.20 Å². The number of hydrogen-bond acceptors (Lipinski definition) is 1. The maximum absolute atomic E-state index is 6.05. The molecule has 0 N–H and O–H groups in total. The van der Waals surface area contributed by atoms with E-state index in [1.807, 2.05) is 31.2 Å². The maximum Gasteiger partial charge on any atom is 0.0705 e. The molecule has 1 heterocycles. The predicted octanol–water partition coefficient (Wildman–Crippen LogP) is 3.53. The summed E-state index contributed by atoms with van der Waals surface area (Å²) >= 11 is 6.05. The minimum atomic E-state index is 0.0351. The van der Waals surface area contributed by atoms with Gasteiger partial charge in [0.1, 0.15) is 0 Å². The molecule has 13 heavy (non-hydrogen) atoms. The van der Waals surface area contributed by atoms with Crippen LogP contribution in [0.5, 0.6) is 0 Å². The molecule has 0 aliphatic heterocycles. The van der Waals surface area contributed by atoms with Crippen LogP contribution in [-0.2, 0) is 0 Å². The summed E-state index contributed by atoms with van der Waals surface area (Å²) in [5.41, 5.74) is 2.15. The fourth-order valence-corrected chi connectivity index (χ4v) is 1.66. The molecule has 1 aromatic carbocycles. The van der Waals surface area contributed by atoms with E-state index in [0.29, 0.717) is 0 Å². The predicted molar refractivity (Wildman–Crippen MR) is 56.0 cm³/mol. The zero-order chi connectivity index (χ0) is 9.26. The van der Waals surface area contributed by atoms with E-state index in [0.717, 1.165) is 16.5 Å². The normalized spacial score (nSPS) is 13.1. The Morgan fingerprint density at radius 1 is 1.23 bits per heavy atom. The summed E-state index contributed by atoms with van der Waals surface area (Å²) in [5, 5.41) is 1.18. The van der Waals surface area contributed by atoms with E-state index in [4.69, 9.17) is 11.6 Å². The van der Waals surface area contributed by atoms with Crippen LogP contribution in [0.3, 0.4) is 0 Å². The topological polar surface area (TPSA) is 12.9 Å². The molecule has 0 bridgehead atoms. The lowest BCUT2D eigenvalue weighted by Gasteiger charge is -2.06. The largest absolute Gasteiger partial charge is 0.256 e. The number of nitrogens with zero attached hydrogens (tertiary/aromatic N) is 1. The fourth-order valence-electron chi connectivity index (χ4n) is 1.46. The minimum Gasteiger partial charge on any atom is -0.256 e. The summed E-state index contributed by atoms with van der Waals surface area (Å²) in [6.45, 7) is 1.98. The van der Waals surface area contributed by atoms with E-state index < -0.39 is 0 Å². The number of fused-ring (bicyclic) bond motifs is 1. The molecule has 2 aromatic rings. The SMILES string of the molecule is CC(Cl)c1ccnc2ccccc12. The summed E-state index contributed by atoms with van der Waals surface area (Å²) in [6, 6.07) is 10.0. The number of pyridine rings is 1. The van der Waals surface area contributed by atoms with E-state index >= 15 is 0 Å². The number of rotatable bonds is 1. The van der Waals surface area contributed by atoms with Crippen molar-refractivity contribution in [2.75, 3.05) is 0 Å². The molecule has 0 spiro atoms. The number of para-hydroxylation sites is 1. The van der Waals surface area contributed by atoms with Crippen molar-refractivity contribution in [3.05, 3.63) is 42.1 Å². The summed E-state index contributed by atoms with van der Waals surface area (Å²) in [6.07, 6.45) is 1.80. The highest BCUT2D eigenvalue weighted by molar-refractivity contribution is 6.21. The van der Waals surface area contributed by atoms with Crippen molar-refractivity contribution in [3.8, 4) is 0 Å². The molecule has 0 saturated carbocycles. The van der Waals surface area contributed by atoms with E-state index in [1.165, 1.54) is 0 Å². The van der Waals surface area contributed by atoms with Crippen molar-refractivity contribution in [2.24, 2.45) is 0 Å². The molecule has 0 amide bonds. The first-order valence-corrected chi connectivity index (χ1v) is 4.70. The Labute approximate surface area is 82.4 Å². The molecule has 1 atom stereocenters. The molecule has 1 nitrogen and oxygen atoms in total. The van der Waals surface area contributed by atoms with Gasteiger partial charge in [0.15, 0.2) is 0 Å². The quantitative estimate of drug-likeness (QED) is 0.629. The lowest BCUT2D eigenvalue weighted by atomic mass is 10.1. The molecule has 0 aliphatic rings. The van der Waals surface area contributed by atoms with Gasteiger partial charge in [-0.3, -0.25) is 4.98 Å². The third kappa shape index (κ3) is 1.52. The second kappa shape index (κ2) is 3.35. The van der Waals surface area contributed by atoms with Crippen molar-refractivity contribution >= 4 is 22.5 Å². The summed E-state index contributed by atoms with van der Waals surface area (Å²) in [7, 11) is 0. The highest BCUT2D eigenvalue weighted by Crippen LogP contribution is 2.26. The monoisotopic (exact) mass is 191 g/mol. The second-order valence-electron chi connectivity index (χ2n) is 3.03. The molecular formula is C11H10ClN. The molecule has 66 valence electrons. The van der Waals surface area contributed by atoms with Gasteiger partial charge < -0.3 is 0 Å². The molecule has 0 saturated heterocycles. The first-order chi connectivity index (χ1) is 6.29. The summed E-state index contributed by atoms with van der Waals surface area (Å²) in [5.74, 6) is 0. The third-order valence-corrected chi connectivity index (χ3v) is 2.35. The van der Waals surface area contributed by atoms with E-state index in [-0.39, 0.29) is 5.38 Å². The standard InChI is InChI=1S/C11H10ClN/c1-8(12)9-6-7-13-11-5-3-2-4-10(9)11/h2-8H,1H3. The lowest BCUT2D eigenvalue weighted by Crippen LogP contribution is -1.88. The molecule has 1 unspecified atom stereocenters. The van der Waals surface area contributed by atoms with Crippen LogP contribution in [0.25, 0.3) is 10.9 Å². The molecule has 0 fully saturated rings. The van der Waals surface area contributed by atoms with Gasteiger partial charge in [0.05, 0.1) is 10.9 Å².